The van der Waals surface area contributed by atoms with E-state index in [1.54, 1.807) is 0 Å². The number of hydrogen-bond donors (Lipinski definition) is 0. The van der Waals surface area contributed by atoms with Gasteiger partial charge in [0.05, 0.1) is 6.61 Å². The first-order chi connectivity index (χ1) is 10.6. The van der Waals surface area contributed by atoms with Crippen molar-refractivity contribution in [3.8, 4) is 0 Å². The number of rotatable bonds is 17. The van der Waals surface area contributed by atoms with Crippen molar-refractivity contribution in [3.05, 3.63) is 0 Å². The summed E-state index contributed by atoms with van der Waals surface area (Å²) in [5.41, 5.74) is 0. The summed E-state index contributed by atoms with van der Waals surface area (Å²) in [6.07, 6.45) is 18.7. The molecule has 5 heteroatoms. The van der Waals surface area contributed by atoms with Crippen molar-refractivity contribution in [2.24, 2.45) is 0 Å². The summed E-state index contributed by atoms with van der Waals surface area (Å²) in [5, 5.41) is 0. The normalized spacial score (nSPS) is 11.9. The van der Waals surface area contributed by atoms with Gasteiger partial charge in [0.15, 0.2) is 0 Å². The predicted molar refractivity (Wildman–Crippen MR) is 90.9 cm³/mol. The van der Waals surface area contributed by atoms with Crippen LogP contribution in [0.3, 0.4) is 0 Å². The quantitative estimate of drug-likeness (QED) is 0.238. The molecule has 0 spiro atoms. The van der Waals surface area contributed by atoms with E-state index in [4.69, 9.17) is 0 Å². The molecule has 0 aliphatic rings. The second-order valence-electron chi connectivity index (χ2n) is 6.16. The maximum absolute atomic E-state index is 12.0. The molecule has 22 heavy (non-hydrogen) atoms. The zero-order valence-electron chi connectivity index (χ0n) is 14.3. The lowest BCUT2D eigenvalue weighted by atomic mass is 10.0. The minimum atomic E-state index is -4.74. The molecular weight excluding hydrogens is 303 g/mol. The van der Waals surface area contributed by atoms with Gasteiger partial charge in [0.25, 0.3) is 0 Å². The van der Waals surface area contributed by atoms with Crippen LogP contribution >= 0.6 is 0 Å². The molecule has 0 bridgehead atoms. The Morgan fingerprint density at radius 2 is 0.955 bits per heavy atom. The van der Waals surface area contributed by atoms with Gasteiger partial charge in [-0.15, -0.1) is 0 Å². The molecule has 0 saturated carbocycles. The molecular formula is C17H35FO3S. The maximum Gasteiger partial charge on any atom is 0.437 e. The van der Waals surface area contributed by atoms with E-state index in [0.29, 0.717) is 6.42 Å². The average molecular weight is 339 g/mol. The predicted octanol–water partition coefficient (Wildman–Crippen LogP) is 6.09. The fourth-order valence-corrected chi connectivity index (χ4v) is 2.95. The zero-order chi connectivity index (χ0) is 16.5. The number of unbranched alkanes of at least 4 members (excludes halogenated alkanes) is 14. The summed E-state index contributed by atoms with van der Waals surface area (Å²) >= 11 is 0. The topological polar surface area (TPSA) is 43.4 Å². The minimum absolute atomic E-state index is 0.0307. The lowest BCUT2D eigenvalue weighted by Crippen LogP contribution is -2.00. The highest BCUT2D eigenvalue weighted by molar-refractivity contribution is 7.81. The van der Waals surface area contributed by atoms with Crippen molar-refractivity contribution in [1.82, 2.24) is 0 Å². The minimum Gasteiger partial charge on any atom is -0.245 e. The molecule has 0 unspecified atom stereocenters. The number of hydrogen-bond acceptors (Lipinski definition) is 3. The molecule has 3 nitrogen and oxygen atoms in total. The fourth-order valence-electron chi connectivity index (χ4n) is 2.63. The molecule has 134 valence electrons. The molecule has 0 aromatic heterocycles. The Bertz CT molecular complexity index is 318. The van der Waals surface area contributed by atoms with Gasteiger partial charge in [-0.3, -0.25) is 0 Å². The van der Waals surface area contributed by atoms with Crippen LogP contribution in [0.1, 0.15) is 103 Å². The van der Waals surface area contributed by atoms with Crippen LogP contribution in [0.2, 0.25) is 0 Å². The van der Waals surface area contributed by atoms with Gasteiger partial charge in [0.2, 0.25) is 0 Å². The Labute approximate surface area is 137 Å². The third-order valence-corrected chi connectivity index (χ3v) is 4.42. The average Bonchev–Trinajstić information content (AvgIpc) is 2.45. The summed E-state index contributed by atoms with van der Waals surface area (Å²) < 4.78 is 36.2. The van der Waals surface area contributed by atoms with Crippen molar-refractivity contribution in [2.45, 2.75) is 103 Å². The lowest BCUT2D eigenvalue weighted by Gasteiger charge is -2.03. The third-order valence-electron chi connectivity index (χ3n) is 3.97. The van der Waals surface area contributed by atoms with Crippen LogP contribution in [0.15, 0.2) is 0 Å². The van der Waals surface area contributed by atoms with Gasteiger partial charge >= 0.3 is 10.5 Å². The smallest absolute Gasteiger partial charge is 0.245 e. The number of halogens is 1. The summed E-state index contributed by atoms with van der Waals surface area (Å²) in [6, 6.07) is 0. The molecule has 0 heterocycles. The zero-order valence-corrected chi connectivity index (χ0v) is 15.1. The van der Waals surface area contributed by atoms with Crippen molar-refractivity contribution in [3.63, 3.8) is 0 Å². The van der Waals surface area contributed by atoms with Gasteiger partial charge in [-0.1, -0.05) is 101 Å². The van der Waals surface area contributed by atoms with Crippen LogP contribution in [-0.2, 0) is 14.7 Å². The fraction of sp³-hybridized carbons (Fsp3) is 1.00. The van der Waals surface area contributed by atoms with Crippen LogP contribution in [0.25, 0.3) is 0 Å². The van der Waals surface area contributed by atoms with Gasteiger partial charge in [-0.25, -0.2) is 4.18 Å². The molecule has 0 N–H and O–H groups in total. The van der Waals surface area contributed by atoms with Gasteiger partial charge in [0.1, 0.15) is 0 Å². The Hall–Kier alpha value is -0.160. The highest BCUT2D eigenvalue weighted by Gasteiger charge is 2.05. The van der Waals surface area contributed by atoms with Crippen LogP contribution in [-0.4, -0.2) is 15.0 Å². The Balaban J connectivity index is 3.03. The molecule has 0 radical (unpaired) electrons. The largest absolute Gasteiger partial charge is 0.437 e. The van der Waals surface area contributed by atoms with Gasteiger partial charge in [-0.2, -0.15) is 8.42 Å². The van der Waals surface area contributed by atoms with Crippen LogP contribution in [0.5, 0.6) is 0 Å². The van der Waals surface area contributed by atoms with Crippen LogP contribution < -0.4 is 0 Å². The van der Waals surface area contributed by atoms with Crippen LogP contribution in [0.4, 0.5) is 3.89 Å². The summed E-state index contributed by atoms with van der Waals surface area (Å²) in [4.78, 5) is 0. The third kappa shape index (κ3) is 19.8. The molecule has 0 saturated heterocycles. The molecule has 0 amide bonds. The molecule has 0 aromatic rings. The summed E-state index contributed by atoms with van der Waals surface area (Å²) in [7, 11) is -4.74. The second kappa shape index (κ2) is 15.7. The van der Waals surface area contributed by atoms with E-state index in [1.165, 1.54) is 77.0 Å². The molecule has 0 fully saturated rings. The molecule has 0 aliphatic carbocycles. The van der Waals surface area contributed by atoms with Crippen molar-refractivity contribution >= 4 is 10.5 Å². The first kappa shape index (κ1) is 21.8. The Kier molecular flexibility index (Phi) is 15.6. The van der Waals surface area contributed by atoms with Crippen LogP contribution in [0, 0.1) is 0 Å². The van der Waals surface area contributed by atoms with Gasteiger partial charge in [-0.05, 0) is 6.42 Å². The van der Waals surface area contributed by atoms with Crippen molar-refractivity contribution in [1.29, 1.82) is 0 Å². The molecule has 0 aliphatic heterocycles. The SMILES string of the molecule is CCCCCCCCCCCCCCCCCOS(=O)(=O)F. The van der Waals surface area contributed by atoms with E-state index in [-0.39, 0.29) is 6.61 Å². The van der Waals surface area contributed by atoms with E-state index in [1.807, 2.05) is 0 Å². The summed E-state index contributed by atoms with van der Waals surface area (Å²) in [6.45, 7) is 2.22. The van der Waals surface area contributed by atoms with Gasteiger partial charge in [0, 0.05) is 0 Å². The molecule has 0 aromatic carbocycles. The first-order valence-corrected chi connectivity index (χ1v) is 10.5. The molecule has 0 atom stereocenters. The Morgan fingerprint density at radius 1 is 0.636 bits per heavy atom. The van der Waals surface area contributed by atoms with E-state index < -0.39 is 10.5 Å². The van der Waals surface area contributed by atoms with Crippen molar-refractivity contribution in [2.75, 3.05) is 6.61 Å². The first-order valence-electron chi connectivity index (χ1n) is 9.15. The monoisotopic (exact) mass is 338 g/mol. The van der Waals surface area contributed by atoms with Crippen molar-refractivity contribution < 1.29 is 16.5 Å². The standard InChI is InChI=1S/C17H35FO3S/c1-2-3-4-5-6-7-8-9-10-11-12-13-14-15-16-17-21-22(18,19)20/h2-17H2,1H3. The van der Waals surface area contributed by atoms with E-state index in [2.05, 4.69) is 11.1 Å². The van der Waals surface area contributed by atoms with E-state index in [0.717, 1.165) is 12.8 Å². The Morgan fingerprint density at radius 3 is 1.27 bits per heavy atom. The highest BCUT2D eigenvalue weighted by Crippen LogP contribution is 2.13. The van der Waals surface area contributed by atoms with E-state index in [9.17, 15) is 12.3 Å². The van der Waals surface area contributed by atoms with Gasteiger partial charge < -0.3 is 0 Å². The maximum atomic E-state index is 12.0. The van der Waals surface area contributed by atoms with E-state index >= 15 is 0 Å². The molecule has 0 rings (SSSR count). The summed E-state index contributed by atoms with van der Waals surface area (Å²) in [5.74, 6) is 0. The highest BCUT2D eigenvalue weighted by atomic mass is 32.3. The second-order valence-corrected chi connectivity index (χ2v) is 7.19. The lowest BCUT2D eigenvalue weighted by molar-refractivity contribution is 0.284.